The van der Waals surface area contributed by atoms with Crippen LogP contribution in [0.25, 0.3) is 0 Å². The molecule has 0 saturated heterocycles. The summed E-state index contributed by atoms with van der Waals surface area (Å²) in [6.45, 7) is 0. The van der Waals surface area contributed by atoms with Crippen LogP contribution in [0.15, 0.2) is 83.0 Å². The van der Waals surface area contributed by atoms with Crippen LogP contribution in [0.5, 0.6) is 5.75 Å². The number of carbonyl (C=O) groups is 3. The SMILES string of the molecule is COC(=O)c1cc(/C=N/NC(=O)c2ccccc2)c(O)c(/C=N/NC(=O)c2ccccc2)c1. The Balaban J connectivity index is 1.80. The highest BCUT2D eigenvalue weighted by atomic mass is 16.5. The van der Waals surface area contributed by atoms with Crippen molar-refractivity contribution in [3.05, 3.63) is 101 Å². The van der Waals surface area contributed by atoms with Crippen LogP contribution >= 0.6 is 0 Å². The predicted octanol–water partition coefficient (Wildman–Crippen LogP) is 2.71. The molecule has 0 atom stereocenters. The van der Waals surface area contributed by atoms with Gasteiger partial charge in [0.2, 0.25) is 0 Å². The predicted molar refractivity (Wildman–Crippen MR) is 122 cm³/mol. The number of hydrogen-bond acceptors (Lipinski definition) is 7. The van der Waals surface area contributed by atoms with E-state index in [1.807, 2.05) is 0 Å². The average molecular weight is 444 g/mol. The van der Waals surface area contributed by atoms with Crippen molar-refractivity contribution >= 4 is 30.2 Å². The zero-order chi connectivity index (χ0) is 23.6. The summed E-state index contributed by atoms with van der Waals surface area (Å²) in [5.74, 6) is -1.80. The molecule has 0 bridgehead atoms. The maximum absolute atomic E-state index is 12.1. The van der Waals surface area contributed by atoms with Gasteiger partial charge in [-0.05, 0) is 36.4 Å². The number of methoxy groups -OCH3 is 1. The highest BCUT2D eigenvalue weighted by molar-refractivity contribution is 6.00. The Labute approximate surface area is 189 Å². The number of rotatable bonds is 7. The summed E-state index contributed by atoms with van der Waals surface area (Å²) in [7, 11) is 1.22. The summed E-state index contributed by atoms with van der Waals surface area (Å²) in [6, 6.07) is 19.6. The molecule has 0 spiro atoms. The Morgan fingerprint density at radius 2 is 1.18 bits per heavy atom. The van der Waals surface area contributed by atoms with Crippen LogP contribution in [-0.4, -0.2) is 42.4 Å². The van der Waals surface area contributed by atoms with Gasteiger partial charge in [0.1, 0.15) is 5.75 Å². The Bertz CT molecular complexity index is 1120. The van der Waals surface area contributed by atoms with Gasteiger partial charge in [0.25, 0.3) is 11.8 Å². The average Bonchev–Trinajstić information content (AvgIpc) is 2.86. The molecule has 9 nitrogen and oxygen atoms in total. The Kier molecular flexibility index (Phi) is 7.63. The number of hydrazone groups is 2. The van der Waals surface area contributed by atoms with E-state index in [0.29, 0.717) is 11.1 Å². The van der Waals surface area contributed by atoms with Gasteiger partial charge in [-0.3, -0.25) is 9.59 Å². The number of carbonyl (C=O) groups excluding carboxylic acids is 3. The summed E-state index contributed by atoms with van der Waals surface area (Å²) in [5, 5.41) is 18.3. The molecule has 0 saturated carbocycles. The fourth-order valence-electron chi connectivity index (χ4n) is 2.74. The number of esters is 1. The van der Waals surface area contributed by atoms with E-state index in [2.05, 4.69) is 21.1 Å². The second-order valence-electron chi connectivity index (χ2n) is 6.63. The fraction of sp³-hybridized carbons (Fsp3) is 0.0417. The molecular weight excluding hydrogens is 424 g/mol. The molecule has 2 amide bonds. The first-order valence-corrected chi connectivity index (χ1v) is 9.72. The molecular formula is C24H20N4O5. The molecule has 3 rings (SSSR count). The summed E-state index contributed by atoms with van der Waals surface area (Å²) in [6.07, 6.45) is 2.37. The number of hydrogen-bond donors (Lipinski definition) is 3. The lowest BCUT2D eigenvalue weighted by molar-refractivity contribution is 0.0600. The van der Waals surface area contributed by atoms with Crippen molar-refractivity contribution in [2.45, 2.75) is 0 Å². The second kappa shape index (κ2) is 11.0. The van der Waals surface area contributed by atoms with Crippen LogP contribution < -0.4 is 10.9 Å². The fourth-order valence-corrected chi connectivity index (χ4v) is 2.74. The van der Waals surface area contributed by atoms with E-state index in [9.17, 15) is 19.5 Å². The number of phenols is 1. The molecule has 0 heterocycles. The highest BCUT2D eigenvalue weighted by Gasteiger charge is 2.14. The van der Waals surface area contributed by atoms with Crippen LogP contribution in [0.4, 0.5) is 0 Å². The number of amides is 2. The third-order valence-corrected chi connectivity index (χ3v) is 4.40. The van der Waals surface area contributed by atoms with E-state index in [4.69, 9.17) is 4.74 Å². The van der Waals surface area contributed by atoms with E-state index in [-0.39, 0.29) is 22.4 Å². The number of nitrogens with one attached hydrogen (secondary N) is 2. The number of ether oxygens (including phenoxy) is 1. The molecule has 0 radical (unpaired) electrons. The molecule has 9 heteroatoms. The first kappa shape index (κ1) is 22.9. The molecule has 0 aromatic heterocycles. The maximum Gasteiger partial charge on any atom is 0.337 e. The third-order valence-electron chi connectivity index (χ3n) is 4.40. The number of aromatic hydroxyl groups is 1. The van der Waals surface area contributed by atoms with E-state index < -0.39 is 17.8 Å². The summed E-state index contributed by atoms with van der Waals surface area (Å²) in [5.41, 5.74) is 5.87. The van der Waals surface area contributed by atoms with Gasteiger partial charge in [-0.1, -0.05) is 36.4 Å². The van der Waals surface area contributed by atoms with Crippen molar-refractivity contribution in [3.63, 3.8) is 0 Å². The van der Waals surface area contributed by atoms with E-state index in [1.54, 1.807) is 60.7 Å². The van der Waals surface area contributed by atoms with Crippen molar-refractivity contribution < 1.29 is 24.2 Å². The number of phenolic OH excluding ortho intramolecular Hbond substituents is 1. The lowest BCUT2D eigenvalue weighted by atomic mass is 10.0. The normalized spacial score (nSPS) is 10.8. The quantitative estimate of drug-likeness (QED) is 0.293. The second-order valence-corrected chi connectivity index (χ2v) is 6.63. The van der Waals surface area contributed by atoms with Crippen molar-refractivity contribution in [2.75, 3.05) is 7.11 Å². The zero-order valence-electron chi connectivity index (χ0n) is 17.6. The lowest BCUT2D eigenvalue weighted by Gasteiger charge is -2.07. The van der Waals surface area contributed by atoms with Gasteiger partial charge < -0.3 is 9.84 Å². The van der Waals surface area contributed by atoms with Gasteiger partial charge in [-0.25, -0.2) is 15.6 Å². The zero-order valence-corrected chi connectivity index (χ0v) is 17.6. The minimum Gasteiger partial charge on any atom is -0.507 e. The van der Waals surface area contributed by atoms with Gasteiger partial charge in [-0.2, -0.15) is 10.2 Å². The van der Waals surface area contributed by atoms with E-state index in [0.717, 1.165) is 0 Å². The Morgan fingerprint density at radius 3 is 1.58 bits per heavy atom. The van der Waals surface area contributed by atoms with Gasteiger partial charge in [0.05, 0.1) is 25.1 Å². The summed E-state index contributed by atoms with van der Waals surface area (Å²) in [4.78, 5) is 36.2. The lowest BCUT2D eigenvalue weighted by Crippen LogP contribution is -2.17. The molecule has 166 valence electrons. The molecule has 33 heavy (non-hydrogen) atoms. The number of benzene rings is 3. The maximum atomic E-state index is 12.1. The number of nitrogens with zero attached hydrogens (tertiary/aromatic N) is 2. The van der Waals surface area contributed by atoms with Crippen LogP contribution in [0.1, 0.15) is 42.2 Å². The minimum atomic E-state index is -0.652. The van der Waals surface area contributed by atoms with Gasteiger partial charge in [0, 0.05) is 22.3 Å². The van der Waals surface area contributed by atoms with Gasteiger partial charge in [0.15, 0.2) is 0 Å². The van der Waals surface area contributed by atoms with Crippen LogP contribution in [0.3, 0.4) is 0 Å². The minimum absolute atomic E-state index is 0.113. The molecule has 0 aliphatic carbocycles. The molecule has 0 fully saturated rings. The summed E-state index contributed by atoms with van der Waals surface area (Å²) >= 11 is 0. The summed E-state index contributed by atoms with van der Waals surface area (Å²) < 4.78 is 4.74. The van der Waals surface area contributed by atoms with E-state index >= 15 is 0 Å². The van der Waals surface area contributed by atoms with Crippen molar-refractivity contribution in [3.8, 4) is 5.75 Å². The topological polar surface area (TPSA) is 129 Å². The van der Waals surface area contributed by atoms with Crippen molar-refractivity contribution in [1.82, 2.24) is 10.9 Å². The van der Waals surface area contributed by atoms with Crippen molar-refractivity contribution in [1.29, 1.82) is 0 Å². The molecule has 0 aliphatic rings. The van der Waals surface area contributed by atoms with Crippen LogP contribution in [0.2, 0.25) is 0 Å². The smallest absolute Gasteiger partial charge is 0.337 e. The van der Waals surface area contributed by atoms with Gasteiger partial charge in [-0.15, -0.1) is 0 Å². The van der Waals surface area contributed by atoms with Gasteiger partial charge >= 0.3 is 5.97 Å². The Hall–Kier alpha value is -4.79. The standard InChI is InChI=1S/C24H20N4O5/c1-33-24(32)18-12-19(14-25-27-22(30)16-8-4-2-5-9-16)21(29)20(13-18)15-26-28-23(31)17-10-6-3-7-11-17/h2-15,29H,1H3,(H,27,30)(H,28,31)/b25-14+,26-15+. The molecule has 3 N–H and O–H groups in total. The van der Waals surface area contributed by atoms with Crippen molar-refractivity contribution in [2.24, 2.45) is 10.2 Å². The Morgan fingerprint density at radius 1 is 0.758 bits per heavy atom. The van der Waals surface area contributed by atoms with Crippen LogP contribution in [0, 0.1) is 0 Å². The molecule has 3 aromatic rings. The third kappa shape index (κ3) is 6.11. The molecule has 0 aliphatic heterocycles. The molecule has 3 aromatic carbocycles. The first-order valence-electron chi connectivity index (χ1n) is 9.72. The highest BCUT2D eigenvalue weighted by Crippen LogP contribution is 2.22. The van der Waals surface area contributed by atoms with E-state index in [1.165, 1.54) is 31.7 Å². The van der Waals surface area contributed by atoms with Crippen LogP contribution in [-0.2, 0) is 4.74 Å². The largest absolute Gasteiger partial charge is 0.507 e. The first-order chi connectivity index (χ1) is 16.0. The monoisotopic (exact) mass is 444 g/mol. The molecule has 0 unspecified atom stereocenters.